The molecule has 22 heavy (non-hydrogen) atoms. The molecule has 0 aliphatic rings. The Labute approximate surface area is 132 Å². The van der Waals surface area contributed by atoms with Crippen molar-refractivity contribution in [3.8, 4) is 0 Å². The molecule has 0 fully saturated rings. The maximum absolute atomic E-state index is 4.69. The smallest absolute Gasteiger partial charge is 0.191 e. The van der Waals surface area contributed by atoms with Gasteiger partial charge in [-0.3, -0.25) is 4.99 Å². The fourth-order valence-corrected chi connectivity index (χ4v) is 2.25. The van der Waals surface area contributed by atoms with Crippen LogP contribution < -0.4 is 10.6 Å². The van der Waals surface area contributed by atoms with Crippen molar-refractivity contribution in [3.05, 3.63) is 35.8 Å². The van der Waals surface area contributed by atoms with Crippen molar-refractivity contribution in [2.24, 2.45) is 10.9 Å². The minimum atomic E-state index is 0.567. The van der Waals surface area contributed by atoms with Crippen LogP contribution in [0.1, 0.15) is 32.0 Å². The van der Waals surface area contributed by atoms with Crippen molar-refractivity contribution in [3.63, 3.8) is 0 Å². The Bertz CT molecular complexity index is 627. The SMILES string of the molecule is CCNC(=NCC(C)C)NCCc1cn2cccc(C)c2n1. The van der Waals surface area contributed by atoms with Gasteiger partial charge in [0.1, 0.15) is 5.65 Å². The van der Waals surface area contributed by atoms with Crippen molar-refractivity contribution < 1.29 is 0 Å². The summed E-state index contributed by atoms with van der Waals surface area (Å²) in [6.45, 7) is 11.1. The van der Waals surface area contributed by atoms with E-state index in [0.717, 1.165) is 43.4 Å². The molecule has 2 heterocycles. The van der Waals surface area contributed by atoms with Gasteiger partial charge in [0, 0.05) is 38.4 Å². The van der Waals surface area contributed by atoms with E-state index in [4.69, 9.17) is 4.98 Å². The standard InChI is InChI=1S/C17H27N5/c1-5-18-17(20-11-13(2)3)19-9-8-15-12-22-10-6-7-14(4)16(22)21-15/h6-7,10,12-13H,5,8-9,11H2,1-4H3,(H2,18,19,20). The van der Waals surface area contributed by atoms with E-state index < -0.39 is 0 Å². The van der Waals surface area contributed by atoms with Crippen molar-refractivity contribution in [1.82, 2.24) is 20.0 Å². The summed E-state index contributed by atoms with van der Waals surface area (Å²) in [4.78, 5) is 9.26. The zero-order valence-electron chi connectivity index (χ0n) is 14.1. The van der Waals surface area contributed by atoms with Crippen molar-refractivity contribution in [2.75, 3.05) is 19.6 Å². The predicted octanol–water partition coefficient (Wildman–Crippen LogP) is 2.40. The van der Waals surface area contributed by atoms with Crippen LogP contribution in [0.4, 0.5) is 0 Å². The van der Waals surface area contributed by atoms with Gasteiger partial charge in [0.25, 0.3) is 0 Å². The lowest BCUT2D eigenvalue weighted by atomic mass is 10.2. The van der Waals surface area contributed by atoms with E-state index in [0.29, 0.717) is 5.92 Å². The van der Waals surface area contributed by atoms with E-state index >= 15 is 0 Å². The quantitative estimate of drug-likeness (QED) is 0.636. The summed E-state index contributed by atoms with van der Waals surface area (Å²) in [6, 6.07) is 4.14. The van der Waals surface area contributed by atoms with E-state index in [-0.39, 0.29) is 0 Å². The molecule has 0 saturated carbocycles. The summed E-state index contributed by atoms with van der Waals surface area (Å²) in [5.74, 6) is 1.45. The van der Waals surface area contributed by atoms with E-state index in [2.05, 4.69) is 60.0 Å². The second kappa shape index (κ2) is 7.82. The number of aromatic nitrogens is 2. The topological polar surface area (TPSA) is 53.7 Å². The van der Waals surface area contributed by atoms with Gasteiger partial charge in [-0.2, -0.15) is 0 Å². The van der Waals surface area contributed by atoms with Gasteiger partial charge in [-0.1, -0.05) is 19.9 Å². The Morgan fingerprint density at radius 1 is 1.36 bits per heavy atom. The minimum Gasteiger partial charge on any atom is -0.357 e. The molecule has 0 bridgehead atoms. The number of aliphatic imine (C=N–C) groups is 1. The van der Waals surface area contributed by atoms with E-state index in [1.54, 1.807) is 0 Å². The zero-order chi connectivity index (χ0) is 15.9. The third kappa shape index (κ3) is 4.48. The molecule has 0 aromatic carbocycles. The highest BCUT2D eigenvalue weighted by Gasteiger charge is 2.04. The number of hydrogen-bond acceptors (Lipinski definition) is 2. The molecule has 5 heteroatoms. The average molecular weight is 301 g/mol. The zero-order valence-corrected chi connectivity index (χ0v) is 14.1. The van der Waals surface area contributed by atoms with Crippen LogP contribution in [0.2, 0.25) is 0 Å². The molecule has 0 unspecified atom stereocenters. The normalized spacial score (nSPS) is 12.1. The van der Waals surface area contributed by atoms with Gasteiger partial charge in [0.2, 0.25) is 0 Å². The Morgan fingerprint density at radius 3 is 2.86 bits per heavy atom. The van der Waals surface area contributed by atoms with Crippen LogP contribution >= 0.6 is 0 Å². The highest BCUT2D eigenvalue weighted by atomic mass is 15.2. The third-order valence-electron chi connectivity index (χ3n) is 3.36. The third-order valence-corrected chi connectivity index (χ3v) is 3.36. The fourth-order valence-electron chi connectivity index (χ4n) is 2.25. The summed E-state index contributed by atoms with van der Waals surface area (Å²) in [5.41, 5.74) is 3.34. The monoisotopic (exact) mass is 301 g/mol. The molecule has 2 N–H and O–H groups in total. The summed E-state index contributed by atoms with van der Waals surface area (Å²) in [5, 5.41) is 6.65. The lowest BCUT2D eigenvalue weighted by Crippen LogP contribution is -2.38. The van der Waals surface area contributed by atoms with Crippen LogP contribution in [0.3, 0.4) is 0 Å². The van der Waals surface area contributed by atoms with Crippen LogP contribution in [-0.2, 0) is 6.42 Å². The maximum atomic E-state index is 4.69. The van der Waals surface area contributed by atoms with Crippen molar-refractivity contribution in [2.45, 2.75) is 34.1 Å². The minimum absolute atomic E-state index is 0.567. The van der Waals surface area contributed by atoms with Crippen LogP contribution in [0.15, 0.2) is 29.5 Å². The van der Waals surface area contributed by atoms with Gasteiger partial charge in [-0.05, 0) is 31.4 Å². The fraction of sp³-hybridized carbons (Fsp3) is 0.529. The summed E-state index contributed by atoms with van der Waals surface area (Å²) in [6.07, 6.45) is 5.02. The molecule has 2 aromatic heterocycles. The Kier molecular flexibility index (Phi) is 5.81. The number of imidazole rings is 1. The molecule has 0 saturated heterocycles. The summed E-state index contributed by atoms with van der Waals surface area (Å²) >= 11 is 0. The first-order chi connectivity index (χ1) is 10.6. The van der Waals surface area contributed by atoms with Gasteiger partial charge in [-0.15, -0.1) is 0 Å². The molecule has 0 aliphatic heterocycles. The first-order valence-corrected chi connectivity index (χ1v) is 8.05. The number of rotatable bonds is 6. The molecule has 0 amide bonds. The first kappa shape index (κ1) is 16.3. The van der Waals surface area contributed by atoms with E-state index in [9.17, 15) is 0 Å². The molecule has 120 valence electrons. The van der Waals surface area contributed by atoms with Gasteiger partial charge in [0.15, 0.2) is 5.96 Å². The number of guanidine groups is 1. The molecule has 2 aromatic rings. The summed E-state index contributed by atoms with van der Waals surface area (Å²) in [7, 11) is 0. The predicted molar refractivity (Wildman–Crippen MR) is 92.5 cm³/mol. The maximum Gasteiger partial charge on any atom is 0.191 e. The van der Waals surface area contributed by atoms with Crippen LogP contribution in [0.5, 0.6) is 0 Å². The second-order valence-corrected chi connectivity index (χ2v) is 5.94. The largest absolute Gasteiger partial charge is 0.357 e. The molecular weight excluding hydrogens is 274 g/mol. The number of nitrogens with zero attached hydrogens (tertiary/aromatic N) is 3. The lowest BCUT2D eigenvalue weighted by Gasteiger charge is -2.11. The van der Waals surface area contributed by atoms with Crippen LogP contribution in [-0.4, -0.2) is 35.0 Å². The van der Waals surface area contributed by atoms with Gasteiger partial charge >= 0.3 is 0 Å². The van der Waals surface area contributed by atoms with Crippen LogP contribution in [0.25, 0.3) is 5.65 Å². The molecule has 2 rings (SSSR count). The van der Waals surface area contributed by atoms with E-state index in [1.165, 1.54) is 5.56 Å². The Hall–Kier alpha value is -2.04. The second-order valence-electron chi connectivity index (χ2n) is 5.94. The Morgan fingerprint density at radius 2 is 2.18 bits per heavy atom. The molecular formula is C17H27N5. The summed E-state index contributed by atoms with van der Waals surface area (Å²) < 4.78 is 2.09. The molecule has 0 atom stereocenters. The van der Waals surface area contributed by atoms with Crippen molar-refractivity contribution in [1.29, 1.82) is 0 Å². The number of nitrogens with one attached hydrogen (secondary N) is 2. The molecule has 5 nitrogen and oxygen atoms in total. The average Bonchev–Trinajstić information content (AvgIpc) is 2.89. The van der Waals surface area contributed by atoms with Gasteiger partial charge in [-0.25, -0.2) is 4.98 Å². The number of hydrogen-bond donors (Lipinski definition) is 2. The molecule has 0 spiro atoms. The first-order valence-electron chi connectivity index (χ1n) is 8.05. The number of pyridine rings is 1. The lowest BCUT2D eigenvalue weighted by molar-refractivity contribution is 0.656. The number of aryl methyl sites for hydroxylation is 1. The molecule has 0 radical (unpaired) electrons. The highest BCUT2D eigenvalue weighted by molar-refractivity contribution is 5.79. The number of fused-ring (bicyclic) bond motifs is 1. The van der Waals surface area contributed by atoms with Crippen LogP contribution in [0, 0.1) is 12.8 Å². The Balaban J connectivity index is 1.93. The van der Waals surface area contributed by atoms with Gasteiger partial charge < -0.3 is 15.0 Å². The van der Waals surface area contributed by atoms with Gasteiger partial charge in [0.05, 0.1) is 5.69 Å². The highest BCUT2D eigenvalue weighted by Crippen LogP contribution is 2.09. The van der Waals surface area contributed by atoms with E-state index in [1.807, 2.05) is 12.3 Å². The molecule has 0 aliphatic carbocycles. The van der Waals surface area contributed by atoms with Crippen molar-refractivity contribution >= 4 is 11.6 Å².